The summed E-state index contributed by atoms with van der Waals surface area (Å²) in [6.45, 7) is 1.67. The first-order valence-electron chi connectivity index (χ1n) is 4.68. The predicted octanol–water partition coefficient (Wildman–Crippen LogP) is 2.98. The summed E-state index contributed by atoms with van der Waals surface area (Å²) in [4.78, 5) is 14.3. The zero-order valence-electron chi connectivity index (χ0n) is 9.28. The van der Waals surface area contributed by atoms with E-state index in [1.54, 1.807) is 6.92 Å². The molecule has 0 atom stereocenters. The molecule has 0 saturated carbocycles. The number of nitrogens with zero attached hydrogens (tertiary/aromatic N) is 2. The van der Waals surface area contributed by atoms with Gasteiger partial charge in [0.25, 0.3) is 10.0 Å². The molecule has 0 aromatic carbocycles. The number of hydrogen-bond donors (Lipinski definition) is 1. The highest BCUT2D eigenvalue weighted by atomic mass is 79.9. The number of nitro groups is 1. The second kappa shape index (κ2) is 5.15. The molecule has 0 saturated heterocycles. The van der Waals surface area contributed by atoms with Crippen molar-refractivity contribution in [3.8, 4) is 0 Å². The van der Waals surface area contributed by atoms with E-state index in [2.05, 4.69) is 25.6 Å². The summed E-state index contributed by atoms with van der Waals surface area (Å²) >= 11 is 5.16. The Hall–Kier alpha value is -1.04. The zero-order valence-corrected chi connectivity index (χ0v) is 13.3. The van der Waals surface area contributed by atoms with Gasteiger partial charge < -0.3 is 0 Å². The Kier molecular flexibility index (Phi) is 3.90. The van der Waals surface area contributed by atoms with Crippen LogP contribution in [-0.4, -0.2) is 18.3 Å². The molecule has 2 aromatic rings. The van der Waals surface area contributed by atoms with Gasteiger partial charge in [0.1, 0.15) is 11.1 Å². The molecule has 0 aliphatic carbocycles. The minimum atomic E-state index is -3.78. The Morgan fingerprint density at radius 2 is 2.16 bits per heavy atom. The smallest absolute Gasteiger partial charge is 0.257 e. The second-order valence-electron chi connectivity index (χ2n) is 3.34. The van der Waals surface area contributed by atoms with Crippen molar-refractivity contribution in [2.45, 2.75) is 11.8 Å². The topological polar surface area (TPSA) is 102 Å². The maximum Gasteiger partial charge on any atom is 0.345 e. The Bertz CT molecular complexity index is 736. The van der Waals surface area contributed by atoms with Crippen LogP contribution in [0.15, 0.2) is 20.9 Å². The van der Waals surface area contributed by atoms with E-state index < -0.39 is 14.9 Å². The van der Waals surface area contributed by atoms with Crippen molar-refractivity contribution in [3.05, 3.63) is 31.0 Å². The fourth-order valence-corrected chi connectivity index (χ4v) is 5.55. The Morgan fingerprint density at radius 1 is 1.47 bits per heavy atom. The molecular weight excluding hydrogens is 378 g/mol. The minimum Gasteiger partial charge on any atom is -0.257 e. The largest absolute Gasteiger partial charge is 0.345 e. The van der Waals surface area contributed by atoms with Crippen LogP contribution >= 0.6 is 38.6 Å². The number of thiophene rings is 1. The van der Waals surface area contributed by atoms with Crippen LogP contribution in [0.3, 0.4) is 0 Å². The highest BCUT2D eigenvalue weighted by Gasteiger charge is 2.22. The fraction of sp³-hybridized carbons (Fsp3) is 0.125. The molecule has 2 heterocycles. The molecule has 102 valence electrons. The average molecular weight is 384 g/mol. The third kappa shape index (κ3) is 3.11. The van der Waals surface area contributed by atoms with Crippen molar-refractivity contribution in [1.29, 1.82) is 0 Å². The van der Waals surface area contributed by atoms with Gasteiger partial charge in [0.2, 0.25) is 5.13 Å². The molecule has 7 nitrogen and oxygen atoms in total. The van der Waals surface area contributed by atoms with Gasteiger partial charge in [-0.1, -0.05) is 0 Å². The number of nitrogens with one attached hydrogen (secondary N) is 1. The predicted molar refractivity (Wildman–Crippen MR) is 76.3 cm³/mol. The molecule has 2 rings (SSSR count). The molecule has 0 radical (unpaired) electrons. The summed E-state index contributed by atoms with van der Waals surface area (Å²) in [5.74, 6) is 0. The van der Waals surface area contributed by atoms with Crippen molar-refractivity contribution in [1.82, 2.24) is 4.98 Å². The van der Waals surface area contributed by atoms with E-state index in [9.17, 15) is 18.5 Å². The van der Waals surface area contributed by atoms with Gasteiger partial charge in [0, 0.05) is 4.88 Å². The molecule has 19 heavy (non-hydrogen) atoms. The molecular formula is C8H6BrN3O4S3. The molecule has 0 fully saturated rings. The summed E-state index contributed by atoms with van der Waals surface area (Å²) < 4.78 is 27.1. The van der Waals surface area contributed by atoms with Crippen molar-refractivity contribution in [2.75, 3.05) is 4.72 Å². The molecule has 0 spiro atoms. The van der Waals surface area contributed by atoms with Crippen molar-refractivity contribution in [3.63, 3.8) is 0 Å². The van der Waals surface area contributed by atoms with Crippen LogP contribution in [0.2, 0.25) is 0 Å². The maximum absolute atomic E-state index is 12.1. The quantitative estimate of drug-likeness (QED) is 0.645. The number of halogens is 1. The van der Waals surface area contributed by atoms with E-state index in [-0.39, 0.29) is 15.0 Å². The lowest BCUT2D eigenvalue weighted by Gasteiger charge is -2.03. The van der Waals surface area contributed by atoms with Crippen LogP contribution in [0.1, 0.15) is 4.88 Å². The molecule has 11 heteroatoms. The molecule has 0 unspecified atom stereocenters. The number of rotatable bonds is 4. The van der Waals surface area contributed by atoms with E-state index in [1.807, 2.05) is 0 Å². The first-order chi connectivity index (χ1) is 8.79. The molecule has 0 amide bonds. The van der Waals surface area contributed by atoms with Gasteiger partial charge >= 0.3 is 5.00 Å². The zero-order chi connectivity index (χ0) is 14.2. The second-order valence-corrected chi connectivity index (χ2v) is 8.63. The van der Waals surface area contributed by atoms with Crippen LogP contribution in [0.25, 0.3) is 0 Å². The highest BCUT2D eigenvalue weighted by Crippen LogP contribution is 2.32. The summed E-state index contributed by atoms with van der Waals surface area (Å²) in [5, 5.41) is 10.2. The molecule has 2 aromatic heterocycles. The number of aryl methyl sites for hydroxylation is 1. The van der Waals surface area contributed by atoms with E-state index in [4.69, 9.17) is 0 Å². The molecule has 0 aliphatic rings. The third-order valence-electron chi connectivity index (χ3n) is 2.03. The Labute approximate surface area is 124 Å². The summed E-state index contributed by atoms with van der Waals surface area (Å²) in [6.07, 6.45) is 1.01. The molecule has 0 bridgehead atoms. The number of anilines is 1. The maximum atomic E-state index is 12.1. The SMILES string of the molecule is Cc1sc(Br)cc1S(=O)(=O)Nc1ncc([N+](=O)[O-])s1. The van der Waals surface area contributed by atoms with Crippen molar-refractivity contribution in [2.24, 2.45) is 0 Å². The van der Waals surface area contributed by atoms with Crippen LogP contribution < -0.4 is 4.72 Å². The van der Waals surface area contributed by atoms with E-state index in [0.717, 1.165) is 6.20 Å². The van der Waals surface area contributed by atoms with Gasteiger partial charge in [-0.15, -0.1) is 11.3 Å². The first-order valence-corrected chi connectivity index (χ1v) is 8.59. The van der Waals surface area contributed by atoms with Crippen molar-refractivity contribution < 1.29 is 13.3 Å². The van der Waals surface area contributed by atoms with Gasteiger partial charge in [-0.05, 0) is 40.3 Å². The molecule has 0 aliphatic heterocycles. The first kappa shape index (κ1) is 14.4. The summed E-state index contributed by atoms with van der Waals surface area (Å²) in [6, 6.07) is 1.48. The van der Waals surface area contributed by atoms with Gasteiger partial charge in [-0.2, -0.15) is 0 Å². The standard InChI is InChI=1S/C8H6BrN3O4S3/c1-4-5(2-6(9)17-4)19(15,16)11-8-10-3-7(18-8)12(13)14/h2-3H,1H3,(H,10,11). The Morgan fingerprint density at radius 3 is 2.63 bits per heavy atom. The Balaban J connectivity index is 2.31. The molecule has 1 N–H and O–H groups in total. The normalized spacial score (nSPS) is 11.5. The van der Waals surface area contributed by atoms with E-state index in [0.29, 0.717) is 20.0 Å². The van der Waals surface area contributed by atoms with Crippen LogP contribution in [-0.2, 0) is 10.0 Å². The van der Waals surface area contributed by atoms with Gasteiger partial charge in [-0.3, -0.25) is 14.8 Å². The number of thiazole rings is 1. The number of aromatic nitrogens is 1. The van der Waals surface area contributed by atoms with Crippen molar-refractivity contribution >= 4 is 58.8 Å². The lowest BCUT2D eigenvalue weighted by molar-refractivity contribution is -0.380. The van der Waals surface area contributed by atoms with E-state index >= 15 is 0 Å². The van der Waals surface area contributed by atoms with E-state index in [1.165, 1.54) is 17.4 Å². The summed E-state index contributed by atoms with van der Waals surface area (Å²) in [7, 11) is -3.78. The highest BCUT2D eigenvalue weighted by molar-refractivity contribution is 9.11. The lowest BCUT2D eigenvalue weighted by atomic mass is 10.5. The lowest BCUT2D eigenvalue weighted by Crippen LogP contribution is -2.12. The average Bonchev–Trinajstić information content (AvgIpc) is 2.85. The van der Waals surface area contributed by atoms with Crippen LogP contribution in [0.5, 0.6) is 0 Å². The minimum absolute atomic E-state index is 0.0339. The van der Waals surface area contributed by atoms with Gasteiger partial charge in [0.15, 0.2) is 0 Å². The third-order valence-corrected chi connectivity index (χ3v) is 6.17. The fourth-order valence-electron chi connectivity index (χ4n) is 1.26. The van der Waals surface area contributed by atoms with Crippen LogP contribution in [0.4, 0.5) is 10.1 Å². The van der Waals surface area contributed by atoms with Gasteiger partial charge in [-0.25, -0.2) is 13.4 Å². The summed E-state index contributed by atoms with van der Waals surface area (Å²) in [5.41, 5.74) is 0. The van der Waals surface area contributed by atoms with Crippen LogP contribution in [0, 0.1) is 17.0 Å². The number of sulfonamides is 1. The monoisotopic (exact) mass is 383 g/mol. The van der Waals surface area contributed by atoms with Gasteiger partial charge in [0.05, 0.1) is 8.71 Å². The number of hydrogen-bond acceptors (Lipinski definition) is 7.